The molecule has 0 atom stereocenters. The number of ether oxygens (including phenoxy) is 1. The van der Waals surface area contributed by atoms with Crippen LogP contribution in [-0.4, -0.2) is 15.8 Å². The third kappa shape index (κ3) is 4.92. The van der Waals surface area contributed by atoms with Crippen LogP contribution >= 0.6 is 11.3 Å². The van der Waals surface area contributed by atoms with Gasteiger partial charge in [-0.2, -0.15) is 5.26 Å². The summed E-state index contributed by atoms with van der Waals surface area (Å²) in [5, 5.41) is 34.9. The average molecular weight is 476 g/mol. The molecule has 1 aliphatic rings. The van der Waals surface area contributed by atoms with Gasteiger partial charge in [-0.25, -0.2) is 0 Å². The molecule has 0 fully saturated rings. The first-order chi connectivity index (χ1) is 16.3. The molecule has 10 nitrogen and oxygen atoms in total. The number of nitro benzene ring substituents is 2. The first-order valence-electron chi connectivity index (χ1n) is 10.1. The highest BCUT2D eigenvalue weighted by Gasteiger charge is 2.22. The quantitative estimate of drug-likeness (QED) is 0.274. The fraction of sp³-hybridized carbons (Fsp3) is 0.130. The zero-order chi connectivity index (χ0) is 24.2. The van der Waals surface area contributed by atoms with Crippen LogP contribution in [0.2, 0.25) is 0 Å². The lowest BCUT2D eigenvalue weighted by Gasteiger charge is -2.06. The predicted molar refractivity (Wildman–Crippen MR) is 125 cm³/mol. The van der Waals surface area contributed by atoms with Crippen molar-refractivity contribution in [3.8, 4) is 17.6 Å². The summed E-state index contributed by atoms with van der Waals surface area (Å²) in [5.41, 5.74) is 1.22. The molecular weight excluding hydrogens is 460 g/mol. The van der Waals surface area contributed by atoms with Crippen molar-refractivity contribution in [1.82, 2.24) is 0 Å². The van der Waals surface area contributed by atoms with Gasteiger partial charge in [0.25, 0.3) is 11.4 Å². The Morgan fingerprint density at radius 2 is 1.82 bits per heavy atom. The zero-order valence-corrected chi connectivity index (χ0v) is 18.3. The minimum Gasteiger partial charge on any atom is -0.457 e. The minimum atomic E-state index is -0.738. The molecule has 0 aliphatic heterocycles. The molecule has 34 heavy (non-hydrogen) atoms. The Morgan fingerprint density at radius 1 is 1.09 bits per heavy atom. The number of anilines is 1. The second kappa shape index (κ2) is 9.51. The van der Waals surface area contributed by atoms with Crippen LogP contribution in [0.25, 0.3) is 6.08 Å². The standard InChI is InChI=1S/C23H16N4O6S/c24-13-20-19-5-2-6-21(19)34-23(20)25-22(28)8-7-14-3-1-4-17(9-14)33-18-11-15(26(29)30)10-16(12-18)27(31)32/h1,3-4,7-12H,2,5-6H2,(H,25,28)/b8-7-. The van der Waals surface area contributed by atoms with E-state index in [4.69, 9.17) is 4.74 Å². The Bertz CT molecular complexity index is 1360. The molecule has 0 saturated heterocycles. The number of benzene rings is 2. The van der Waals surface area contributed by atoms with Gasteiger partial charge < -0.3 is 10.1 Å². The van der Waals surface area contributed by atoms with Crippen molar-refractivity contribution in [1.29, 1.82) is 5.26 Å². The molecule has 0 unspecified atom stereocenters. The normalized spacial score (nSPS) is 12.2. The molecule has 3 aromatic rings. The van der Waals surface area contributed by atoms with Crippen molar-refractivity contribution in [3.05, 3.63) is 90.3 Å². The second-order valence-corrected chi connectivity index (χ2v) is 8.47. The smallest absolute Gasteiger partial charge is 0.280 e. The number of amides is 1. The van der Waals surface area contributed by atoms with Gasteiger partial charge in [-0.05, 0) is 48.6 Å². The second-order valence-electron chi connectivity index (χ2n) is 7.37. The number of nitrogens with one attached hydrogen (secondary N) is 1. The molecule has 0 saturated carbocycles. The number of nitriles is 1. The largest absolute Gasteiger partial charge is 0.457 e. The summed E-state index contributed by atoms with van der Waals surface area (Å²) in [5.74, 6) is -0.176. The Labute approximate surface area is 197 Å². The molecule has 1 N–H and O–H groups in total. The van der Waals surface area contributed by atoms with Gasteiger partial charge in [-0.1, -0.05) is 12.1 Å². The maximum Gasteiger partial charge on any atom is 0.280 e. The number of fused-ring (bicyclic) bond motifs is 1. The van der Waals surface area contributed by atoms with E-state index < -0.39 is 27.1 Å². The van der Waals surface area contributed by atoms with E-state index in [1.807, 2.05) is 0 Å². The molecule has 1 amide bonds. The molecule has 1 heterocycles. The minimum absolute atomic E-state index is 0.0606. The van der Waals surface area contributed by atoms with E-state index in [-0.39, 0.29) is 11.5 Å². The van der Waals surface area contributed by atoms with E-state index in [1.165, 1.54) is 17.4 Å². The number of hydrogen-bond donors (Lipinski definition) is 1. The third-order valence-corrected chi connectivity index (χ3v) is 6.30. The van der Waals surface area contributed by atoms with Crippen LogP contribution in [-0.2, 0) is 17.6 Å². The summed E-state index contributed by atoms with van der Waals surface area (Å²) < 4.78 is 5.59. The lowest BCUT2D eigenvalue weighted by Crippen LogP contribution is -2.07. The van der Waals surface area contributed by atoms with Crippen molar-refractivity contribution < 1.29 is 19.4 Å². The van der Waals surface area contributed by atoms with Crippen LogP contribution in [0.5, 0.6) is 11.5 Å². The summed E-state index contributed by atoms with van der Waals surface area (Å²) in [6, 6.07) is 11.7. The summed E-state index contributed by atoms with van der Waals surface area (Å²) in [6.45, 7) is 0. The lowest BCUT2D eigenvalue weighted by atomic mass is 10.1. The molecule has 4 rings (SSSR count). The first kappa shape index (κ1) is 22.6. The Kier molecular flexibility index (Phi) is 6.33. The summed E-state index contributed by atoms with van der Waals surface area (Å²) in [6.07, 6.45) is 5.66. The van der Waals surface area contributed by atoms with Crippen LogP contribution in [0.4, 0.5) is 16.4 Å². The van der Waals surface area contributed by atoms with E-state index >= 15 is 0 Å². The highest BCUT2D eigenvalue weighted by molar-refractivity contribution is 7.16. The number of nitro groups is 2. The first-order valence-corrected chi connectivity index (χ1v) is 10.9. The van der Waals surface area contributed by atoms with Crippen LogP contribution < -0.4 is 10.1 Å². The third-order valence-electron chi connectivity index (χ3n) is 5.09. The average Bonchev–Trinajstić information content (AvgIpc) is 3.38. The maximum absolute atomic E-state index is 12.4. The molecule has 170 valence electrons. The van der Waals surface area contributed by atoms with Crippen LogP contribution in [0.1, 0.15) is 28.0 Å². The number of carbonyl (C=O) groups excluding carboxylic acids is 1. The van der Waals surface area contributed by atoms with E-state index in [2.05, 4.69) is 11.4 Å². The van der Waals surface area contributed by atoms with Crippen LogP contribution in [0.15, 0.2) is 48.5 Å². The maximum atomic E-state index is 12.4. The SMILES string of the molecule is N#Cc1c(NC(=O)/C=C\c2cccc(Oc3cc([N+](=O)[O-])cc([N+](=O)[O-])c3)c2)sc2c1CCC2. The van der Waals surface area contributed by atoms with Gasteiger partial charge in [0.1, 0.15) is 22.6 Å². The molecule has 1 aliphatic carbocycles. The number of hydrogen-bond acceptors (Lipinski definition) is 8. The number of rotatable bonds is 7. The number of thiophene rings is 1. The predicted octanol–water partition coefficient (Wildman–Crippen LogP) is 5.37. The van der Waals surface area contributed by atoms with E-state index in [0.717, 1.165) is 47.9 Å². The highest BCUT2D eigenvalue weighted by Crippen LogP contribution is 2.38. The molecule has 0 bridgehead atoms. The Balaban J connectivity index is 1.48. The van der Waals surface area contributed by atoms with Crippen molar-refractivity contribution in [2.45, 2.75) is 19.3 Å². The van der Waals surface area contributed by atoms with E-state index in [1.54, 1.807) is 30.3 Å². The van der Waals surface area contributed by atoms with Crippen LogP contribution in [0, 0.1) is 31.6 Å². The fourth-order valence-electron chi connectivity index (χ4n) is 3.59. The summed E-state index contributed by atoms with van der Waals surface area (Å²) >= 11 is 1.43. The zero-order valence-electron chi connectivity index (χ0n) is 17.5. The van der Waals surface area contributed by atoms with Gasteiger partial charge >= 0.3 is 0 Å². The topological polar surface area (TPSA) is 148 Å². The van der Waals surface area contributed by atoms with E-state index in [0.29, 0.717) is 16.1 Å². The fourth-order valence-corrected chi connectivity index (χ4v) is 4.83. The Hall–Kier alpha value is -4.56. The van der Waals surface area contributed by atoms with Crippen molar-refractivity contribution in [3.63, 3.8) is 0 Å². The number of nitrogens with zero attached hydrogens (tertiary/aromatic N) is 3. The summed E-state index contributed by atoms with van der Waals surface area (Å²) in [4.78, 5) is 34.2. The highest BCUT2D eigenvalue weighted by atomic mass is 32.1. The molecular formula is C23H16N4O6S. The van der Waals surface area contributed by atoms with Crippen molar-refractivity contribution in [2.24, 2.45) is 0 Å². The molecule has 0 spiro atoms. The van der Waals surface area contributed by atoms with Gasteiger partial charge in [0, 0.05) is 11.0 Å². The lowest BCUT2D eigenvalue weighted by molar-refractivity contribution is -0.394. The monoisotopic (exact) mass is 476 g/mol. The number of aryl methyl sites for hydroxylation is 1. The number of non-ortho nitro benzene ring substituents is 2. The summed E-state index contributed by atoms with van der Waals surface area (Å²) in [7, 11) is 0. The van der Waals surface area contributed by atoms with Gasteiger partial charge in [0.15, 0.2) is 0 Å². The van der Waals surface area contributed by atoms with Gasteiger partial charge in [-0.15, -0.1) is 11.3 Å². The molecule has 1 aromatic heterocycles. The van der Waals surface area contributed by atoms with Gasteiger partial charge in [-0.3, -0.25) is 25.0 Å². The number of carbonyl (C=O) groups is 1. The van der Waals surface area contributed by atoms with Crippen LogP contribution in [0.3, 0.4) is 0 Å². The molecule has 0 radical (unpaired) electrons. The van der Waals surface area contributed by atoms with Gasteiger partial charge in [0.2, 0.25) is 5.91 Å². The van der Waals surface area contributed by atoms with E-state index in [9.17, 15) is 30.3 Å². The molecule has 11 heteroatoms. The van der Waals surface area contributed by atoms with Gasteiger partial charge in [0.05, 0.1) is 33.6 Å². The van der Waals surface area contributed by atoms with Crippen molar-refractivity contribution in [2.75, 3.05) is 5.32 Å². The van der Waals surface area contributed by atoms with Crippen molar-refractivity contribution >= 4 is 39.7 Å². The Morgan fingerprint density at radius 3 is 2.50 bits per heavy atom. The molecule has 2 aromatic carbocycles.